The first kappa shape index (κ1) is 19.3. The number of rotatable bonds is 8. The van der Waals surface area contributed by atoms with Gasteiger partial charge in [0.15, 0.2) is 5.96 Å². The number of aliphatic imine (C=N–C) groups is 1. The largest absolute Gasteiger partial charge is 0.489 e. The van der Waals surface area contributed by atoms with Gasteiger partial charge >= 0.3 is 0 Å². The summed E-state index contributed by atoms with van der Waals surface area (Å²) in [6, 6.07) is 8.05. The lowest BCUT2D eigenvalue weighted by Gasteiger charge is -2.29. The van der Waals surface area contributed by atoms with Crippen LogP contribution in [-0.4, -0.2) is 51.2 Å². The topological polar surface area (TPSA) is 48.9 Å². The Morgan fingerprint density at radius 2 is 2.08 bits per heavy atom. The van der Waals surface area contributed by atoms with Crippen LogP contribution in [0.1, 0.15) is 24.8 Å². The highest BCUT2D eigenvalue weighted by Gasteiger charge is 2.16. The summed E-state index contributed by atoms with van der Waals surface area (Å²) < 4.78 is 5.70. The molecule has 5 heteroatoms. The van der Waals surface area contributed by atoms with E-state index < -0.39 is 0 Å². The fourth-order valence-electron chi connectivity index (χ4n) is 3.08. The van der Waals surface area contributed by atoms with Crippen molar-refractivity contribution in [1.29, 1.82) is 0 Å². The van der Waals surface area contributed by atoms with Crippen LogP contribution in [0.4, 0.5) is 0 Å². The number of nitrogens with zero attached hydrogens (tertiary/aromatic N) is 2. The standard InChI is InChI=1S/C20H32N4O/c1-4-15-25-19-8-6-5-7-18(19)16-23-20(21-2)22-12-9-17-10-13-24(3)14-11-17/h4-8,17H,1,9-16H2,2-3H3,(H2,21,22,23). The number of para-hydroxylation sites is 1. The first-order valence-corrected chi connectivity index (χ1v) is 9.17. The van der Waals surface area contributed by atoms with Crippen LogP contribution >= 0.6 is 0 Å². The highest BCUT2D eigenvalue weighted by atomic mass is 16.5. The summed E-state index contributed by atoms with van der Waals surface area (Å²) in [6.45, 7) is 8.30. The Morgan fingerprint density at radius 1 is 1.32 bits per heavy atom. The molecular formula is C20H32N4O. The van der Waals surface area contributed by atoms with Gasteiger partial charge in [0.2, 0.25) is 0 Å². The van der Waals surface area contributed by atoms with Crippen molar-refractivity contribution < 1.29 is 4.74 Å². The lowest BCUT2D eigenvalue weighted by molar-refractivity contribution is 0.213. The maximum absolute atomic E-state index is 5.70. The van der Waals surface area contributed by atoms with Crippen molar-refractivity contribution in [2.24, 2.45) is 10.9 Å². The normalized spacial score (nSPS) is 16.5. The van der Waals surface area contributed by atoms with Crippen LogP contribution in [0.25, 0.3) is 0 Å². The molecule has 2 rings (SSSR count). The molecule has 2 N–H and O–H groups in total. The summed E-state index contributed by atoms with van der Waals surface area (Å²) in [6.07, 6.45) is 5.57. The molecule has 1 aromatic carbocycles. The minimum atomic E-state index is 0.514. The van der Waals surface area contributed by atoms with Crippen LogP contribution < -0.4 is 15.4 Å². The van der Waals surface area contributed by atoms with E-state index in [2.05, 4.69) is 40.2 Å². The van der Waals surface area contributed by atoms with Crippen molar-refractivity contribution in [3.8, 4) is 5.75 Å². The number of hydrogen-bond donors (Lipinski definition) is 2. The van der Waals surface area contributed by atoms with E-state index in [4.69, 9.17) is 4.74 Å². The highest BCUT2D eigenvalue weighted by molar-refractivity contribution is 5.79. The zero-order valence-corrected chi connectivity index (χ0v) is 15.6. The molecule has 1 fully saturated rings. The average Bonchev–Trinajstić information content (AvgIpc) is 2.65. The molecule has 0 spiro atoms. The maximum atomic E-state index is 5.70. The SMILES string of the molecule is C=CCOc1ccccc1CNC(=NC)NCCC1CCN(C)CC1. The summed E-state index contributed by atoms with van der Waals surface area (Å²) in [5, 5.41) is 6.80. The summed E-state index contributed by atoms with van der Waals surface area (Å²) in [4.78, 5) is 6.73. The molecule has 0 aromatic heterocycles. The van der Waals surface area contributed by atoms with Gasteiger partial charge in [-0.05, 0) is 51.4 Å². The third-order valence-corrected chi connectivity index (χ3v) is 4.68. The van der Waals surface area contributed by atoms with Crippen LogP contribution in [0.5, 0.6) is 5.75 Å². The molecule has 0 bridgehead atoms. The molecule has 0 atom stereocenters. The lowest BCUT2D eigenvalue weighted by Crippen LogP contribution is -2.38. The molecule has 1 heterocycles. The Labute approximate surface area is 152 Å². The van der Waals surface area contributed by atoms with E-state index in [1.54, 1.807) is 6.08 Å². The van der Waals surface area contributed by atoms with Gasteiger partial charge in [-0.3, -0.25) is 4.99 Å². The second kappa shape index (κ2) is 10.8. The molecule has 0 amide bonds. The average molecular weight is 345 g/mol. The number of likely N-dealkylation sites (tertiary alicyclic amines) is 1. The van der Waals surface area contributed by atoms with Crippen LogP contribution in [-0.2, 0) is 6.54 Å². The number of piperidine rings is 1. The van der Waals surface area contributed by atoms with E-state index in [-0.39, 0.29) is 0 Å². The van der Waals surface area contributed by atoms with Gasteiger partial charge in [-0.25, -0.2) is 0 Å². The van der Waals surface area contributed by atoms with E-state index in [0.29, 0.717) is 13.2 Å². The molecule has 0 unspecified atom stereocenters. The fourth-order valence-corrected chi connectivity index (χ4v) is 3.08. The first-order valence-electron chi connectivity index (χ1n) is 9.17. The summed E-state index contributed by atoms with van der Waals surface area (Å²) in [5.74, 6) is 2.55. The minimum Gasteiger partial charge on any atom is -0.489 e. The van der Waals surface area contributed by atoms with Gasteiger partial charge in [0.25, 0.3) is 0 Å². The zero-order valence-electron chi connectivity index (χ0n) is 15.6. The summed E-state index contributed by atoms with van der Waals surface area (Å²) >= 11 is 0. The van der Waals surface area contributed by atoms with Crippen LogP contribution in [0.15, 0.2) is 41.9 Å². The van der Waals surface area contributed by atoms with Gasteiger partial charge in [-0.2, -0.15) is 0 Å². The molecule has 5 nitrogen and oxygen atoms in total. The second-order valence-electron chi connectivity index (χ2n) is 6.60. The molecule has 138 valence electrons. The fraction of sp³-hybridized carbons (Fsp3) is 0.550. The van der Waals surface area contributed by atoms with Gasteiger partial charge in [-0.15, -0.1) is 0 Å². The van der Waals surface area contributed by atoms with Crippen molar-refractivity contribution in [3.05, 3.63) is 42.5 Å². The van der Waals surface area contributed by atoms with Crippen LogP contribution in [0, 0.1) is 5.92 Å². The first-order chi connectivity index (χ1) is 12.2. The van der Waals surface area contributed by atoms with Crippen molar-refractivity contribution >= 4 is 5.96 Å². The van der Waals surface area contributed by atoms with E-state index >= 15 is 0 Å². The van der Waals surface area contributed by atoms with Crippen molar-refractivity contribution in [3.63, 3.8) is 0 Å². The second-order valence-corrected chi connectivity index (χ2v) is 6.60. The molecule has 1 aliphatic rings. The van der Waals surface area contributed by atoms with Gasteiger partial charge in [0.05, 0.1) is 0 Å². The van der Waals surface area contributed by atoms with E-state index in [1.165, 1.54) is 32.4 Å². The maximum Gasteiger partial charge on any atom is 0.191 e. The Bertz CT molecular complexity index is 550. The Hall–Kier alpha value is -2.01. The number of benzene rings is 1. The number of hydrogen-bond acceptors (Lipinski definition) is 3. The summed E-state index contributed by atoms with van der Waals surface area (Å²) in [5.41, 5.74) is 1.11. The molecule has 1 aromatic rings. The van der Waals surface area contributed by atoms with Crippen LogP contribution in [0.3, 0.4) is 0 Å². The van der Waals surface area contributed by atoms with Gasteiger partial charge in [0, 0.05) is 25.7 Å². The third kappa shape index (κ3) is 6.78. The monoisotopic (exact) mass is 344 g/mol. The molecule has 1 saturated heterocycles. The number of nitrogens with one attached hydrogen (secondary N) is 2. The quantitative estimate of drug-likeness (QED) is 0.432. The lowest BCUT2D eigenvalue weighted by atomic mass is 9.94. The van der Waals surface area contributed by atoms with E-state index in [1.807, 2.05) is 25.2 Å². The van der Waals surface area contributed by atoms with Gasteiger partial charge < -0.3 is 20.3 Å². The molecular weight excluding hydrogens is 312 g/mol. The zero-order chi connectivity index (χ0) is 17.9. The minimum absolute atomic E-state index is 0.514. The predicted molar refractivity (Wildman–Crippen MR) is 105 cm³/mol. The van der Waals surface area contributed by atoms with E-state index in [9.17, 15) is 0 Å². The smallest absolute Gasteiger partial charge is 0.191 e. The van der Waals surface area contributed by atoms with Crippen molar-refractivity contribution in [2.45, 2.75) is 25.8 Å². The van der Waals surface area contributed by atoms with E-state index in [0.717, 1.165) is 29.7 Å². The number of guanidine groups is 1. The summed E-state index contributed by atoms with van der Waals surface area (Å²) in [7, 11) is 4.02. The Kier molecular flexibility index (Phi) is 8.32. The van der Waals surface area contributed by atoms with Crippen LogP contribution in [0.2, 0.25) is 0 Å². The van der Waals surface area contributed by atoms with Crippen molar-refractivity contribution in [1.82, 2.24) is 15.5 Å². The van der Waals surface area contributed by atoms with Gasteiger partial charge in [-0.1, -0.05) is 30.9 Å². The van der Waals surface area contributed by atoms with Gasteiger partial charge in [0.1, 0.15) is 12.4 Å². The Balaban J connectivity index is 1.74. The molecule has 0 aliphatic carbocycles. The predicted octanol–water partition coefficient (Wildman–Crippen LogP) is 2.65. The highest BCUT2D eigenvalue weighted by Crippen LogP contribution is 2.19. The molecule has 0 saturated carbocycles. The molecule has 25 heavy (non-hydrogen) atoms. The van der Waals surface area contributed by atoms with Crippen molar-refractivity contribution in [2.75, 3.05) is 40.3 Å². The third-order valence-electron chi connectivity index (χ3n) is 4.68. The number of ether oxygens (including phenoxy) is 1. The Morgan fingerprint density at radius 3 is 2.80 bits per heavy atom. The molecule has 0 radical (unpaired) electrons. The molecule has 1 aliphatic heterocycles.